The quantitative estimate of drug-likeness (QED) is 0.301. The lowest BCUT2D eigenvalue weighted by Crippen LogP contribution is -2.34. The van der Waals surface area contributed by atoms with E-state index in [9.17, 15) is 0 Å². The molecule has 0 aromatic heterocycles. The summed E-state index contributed by atoms with van der Waals surface area (Å²) in [5.41, 5.74) is 4.45. The Morgan fingerprint density at radius 2 is 2.05 bits per heavy atom. The van der Waals surface area contributed by atoms with Gasteiger partial charge in [0.1, 0.15) is 0 Å². The molecule has 0 aliphatic carbocycles. The molecule has 22 heavy (non-hydrogen) atoms. The number of rotatable bonds is 9. The summed E-state index contributed by atoms with van der Waals surface area (Å²) in [6.07, 6.45) is 13.3. The molecule has 1 heterocycles. The minimum absolute atomic E-state index is 0.543. The van der Waals surface area contributed by atoms with Crippen LogP contribution in [0.3, 0.4) is 0 Å². The second-order valence-corrected chi connectivity index (χ2v) is 6.44. The van der Waals surface area contributed by atoms with Gasteiger partial charge in [-0.3, -0.25) is 0 Å². The van der Waals surface area contributed by atoms with Gasteiger partial charge in [-0.25, -0.2) is 0 Å². The largest absolute Gasteiger partial charge is 0.346 e. The van der Waals surface area contributed by atoms with Crippen LogP contribution in [-0.2, 0) is 0 Å². The number of unbranched alkanes of at least 4 members (excludes halogenated alkanes) is 1. The fourth-order valence-electron chi connectivity index (χ4n) is 3.45. The van der Waals surface area contributed by atoms with E-state index in [0.29, 0.717) is 12.0 Å². The van der Waals surface area contributed by atoms with Crippen molar-refractivity contribution in [1.82, 2.24) is 4.90 Å². The molecular formula is C20H34N2. The van der Waals surface area contributed by atoms with Crippen LogP contribution < -0.4 is 0 Å². The molecule has 0 spiro atoms. The van der Waals surface area contributed by atoms with Crippen LogP contribution in [0.5, 0.6) is 0 Å². The molecule has 2 nitrogen and oxygen atoms in total. The first-order valence-electron chi connectivity index (χ1n) is 8.72. The van der Waals surface area contributed by atoms with Crippen molar-refractivity contribution in [2.45, 2.75) is 72.3 Å². The first-order chi connectivity index (χ1) is 10.6. The molecule has 0 radical (unpaired) electrons. The zero-order valence-corrected chi connectivity index (χ0v) is 15.2. The number of aliphatic imine (C=N–C) groups is 1. The third-order valence-electron chi connectivity index (χ3n) is 4.81. The Hall–Kier alpha value is -1.31. The van der Waals surface area contributed by atoms with Crippen LogP contribution in [0.25, 0.3) is 0 Å². The van der Waals surface area contributed by atoms with Gasteiger partial charge in [0.15, 0.2) is 0 Å². The molecule has 0 saturated carbocycles. The van der Waals surface area contributed by atoms with Gasteiger partial charge in [-0.15, -0.1) is 6.58 Å². The lowest BCUT2D eigenvalue weighted by atomic mass is 9.91. The molecule has 0 aromatic carbocycles. The minimum atomic E-state index is 0.543. The Bertz CT molecular complexity index is 443. The van der Waals surface area contributed by atoms with Crippen molar-refractivity contribution < 1.29 is 0 Å². The van der Waals surface area contributed by atoms with Crippen molar-refractivity contribution in [1.29, 1.82) is 0 Å². The van der Waals surface area contributed by atoms with Crippen LogP contribution in [0, 0.1) is 5.92 Å². The Morgan fingerprint density at radius 1 is 1.32 bits per heavy atom. The first-order valence-corrected chi connectivity index (χ1v) is 8.72. The topological polar surface area (TPSA) is 15.6 Å². The van der Waals surface area contributed by atoms with Crippen LogP contribution in [0.2, 0.25) is 0 Å². The number of hydrogen-bond donors (Lipinski definition) is 0. The fourth-order valence-corrected chi connectivity index (χ4v) is 3.45. The number of allylic oxidation sites excluding steroid dienone is 4. The average Bonchev–Trinajstić information content (AvgIpc) is 2.78. The summed E-state index contributed by atoms with van der Waals surface area (Å²) < 4.78 is 0. The van der Waals surface area contributed by atoms with Crippen molar-refractivity contribution in [3.63, 3.8) is 0 Å². The summed E-state index contributed by atoms with van der Waals surface area (Å²) in [5, 5.41) is 0. The zero-order chi connectivity index (χ0) is 16.5. The smallest absolute Gasteiger partial charge is 0.0338 e. The molecule has 0 aromatic rings. The van der Waals surface area contributed by atoms with Gasteiger partial charge in [-0.05, 0) is 64.2 Å². The summed E-state index contributed by atoms with van der Waals surface area (Å²) in [7, 11) is 1.84. The number of hydrogen-bond acceptors (Lipinski definition) is 2. The van der Waals surface area contributed by atoms with E-state index in [1.165, 1.54) is 29.8 Å². The Balaban J connectivity index is 2.90. The molecule has 2 atom stereocenters. The molecule has 1 aliphatic rings. The van der Waals surface area contributed by atoms with E-state index >= 15 is 0 Å². The van der Waals surface area contributed by atoms with Crippen LogP contribution >= 0.6 is 0 Å². The van der Waals surface area contributed by atoms with Gasteiger partial charge in [0.25, 0.3) is 0 Å². The van der Waals surface area contributed by atoms with Crippen LogP contribution in [0.4, 0.5) is 0 Å². The summed E-state index contributed by atoms with van der Waals surface area (Å²) >= 11 is 0. The molecule has 0 bridgehead atoms. The zero-order valence-electron chi connectivity index (χ0n) is 15.2. The van der Waals surface area contributed by atoms with E-state index in [1.807, 2.05) is 13.3 Å². The average molecular weight is 303 g/mol. The number of nitrogens with zero attached hydrogens (tertiary/aromatic N) is 2. The molecular weight excluding hydrogens is 268 g/mol. The van der Waals surface area contributed by atoms with E-state index in [-0.39, 0.29) is 0 Å². The maximum atomic E-state index is 4.07. The molecule has 124 valence electrons. The highest BCUT2D eigenvalue weighted by Gasteiger charge is 2.29. The molecule has 1 rings (SSSR count). The summed E-state index contributed by atoms with van der Waals surface area (Å²) in [6.45, 7) is 13.2. The fraction of sp³-hybridized carbons (Fsp3) is 0.650. The molecule has 0 amide bonds. The maximum Gasteiger partial charge on any atom is 0.0338 e. The minimum Gasteiger partial charge on any atom is -0.346 e. The highest BCUT2D eigenvalue weighted by molar-refractivity contribution is 5.57. The van der Waals surface area contributed by atoms with Crippen LogP contribution in [0.1, 0.15) is 66.2 Å². The van der Waals surface area contributed by atoms with Crippen LogP contribution in [0.15, 0.2) is 40.7 Å². The molecule has 0 saturated heterocycles. The maximum absolute atomic E-state index is 4.07. The van der Waals surface area contributed by atoms with Gasteiger partial charge in [-0.1, -0.05) is 25.5 Å². The normalized spacial score (nSPS) is 20.2. The van der Waals surface area contributed by atoms with Crippen molar-refractivity contribution in [2.75, 3.05) is 7.05 Å². The standard InChI is InChI=1S/C20H34N2/c1-7-11-19(12-8-2)18(5)22-17(4)16(3)15-20(22)13-9-10-14-21-6/h7,13-14,18-19H,1,8-12,15H2,2-6H3/b20-13+,21-14?. The predicted molar refractivity (Wildman–Crippen MR) is 99.2 cm³/mol. The third-order valence-corrected chi connectivity index (χ3v) is 4.81. The van der Waals surface area contributed by atoms with Crippen molar-refractivity contribution in [3.8, 4) is 0 Å². The molecule has 0 N–H and O–H groups in total. The molecule has 1 aliphatic heterocycles. The summed E-state index contributed by atoms with van der Waals surface area (Å²) in [6, 6.07) is 0.543. The predicted octanol–water partition coefficient (Wildman–Crippen LogP) is 5.73. The van der Waals surface area contributed by atoms with Gasteiger partial charge in [0.2, 0.25) is 0 Å². The van der Waals surface area contributed by atoms with Crippen molar-refractivity contribution in [2.24, 2.45) is 10.9 Å². The van der Waals surface area contributed by atoms with Gasteiger partial charge in [-0.2, -0.15) is 0 Å². The van der Waals surface area contributed by atoms with Crippen molar-refractivity contribution in [3.05, 3.63) is 35.7 Å². The van der Waals surface area contributed by atoms with E-state index in [2.05, 4.69) is 56.3 Å². The molecule has 0 fully saturated rings. The highest BCUT2D eigenvalue weighted by atomic mass is 15.2. The van der Waals surface area contributed by atoms with E-state index < -0.39 is 0 Å². The van der Waals surface area contributed by atoms with Gasteiger partial charge in [0, 0.05) is 30.9 Å². The van der Waals surface area contributed by atoms with Crippen LogP contribution in [-0.4, -0.2) is 24.2 Å². The van der Waals surface area contributed by atoms with Crippen molar-refractivity contribution >= 4 is 6.21 Å². The second kappa shape index (κ2) is 9.66. The Morgan fingerprint density at radius 3 is 2.64 bits per heavy atom. The van der Waals surface area contributed by atoms with Gasteiger partial charge >= 0.3 is 0 Å². The first kappa shape index (κ1) is 18.7. The SMILES string of the molecule is C=CCC(CCC)C(C)N1C(C)=C(C)C/C1=C\CCC=NC. The van der Waals surface area contributed by atoms with Gasteiger partial charge < -0.3 is 9.89 Å². The van der Waals surface area contributed by atoms with E-state index in [4.69, 9.17) is 0 Å². The van der Waals surface area contributed by atoms with E-state index in [0.717, 1.165) is 25.7 Å². The summed E-state index contributed by atoms with van der Waals surface area (Å²) in [5.74, 6) is 0.684. The second-order valence-electron chi connectivity index (χ2n) is 6.44. The lowest BCUT2D eigenvalue weighted by Gasteiger charge is -2.35. The Kier molecular flexibility index (Phi) is 8.22. The van der Waals surface area contributed by atoms with Gasteiger partial charge in [0.05, 0.1) is 0 Å². The Labute approximate surface area is 137 Å². The molecule has 2 unspecified atom stereocenters. The lowest BCUT2D eigenvalue weighted by molar-refractivity contribution is 0.237. The molecule has 2 heteroatoms. The third kappa shape index (κ3) is 4.86. The van der Waals surface area contributed by atoms with E-state index in [1.54, 1.807) is 0 Å². The highest BCUT2D eigenvalue weighted by Crippen LogP contribution is 2.37. The summed E-state index contributed by atoms with van der Waals surface area (Å²) in [4.78, 5) is 6.66. The monoisotopic (exact) mass is 302 g/mol.